The van der Waals surface area contributed by atoms with Crippen molar-refractivity contribution in [2.75, 3.05) is 0 Å². The van der Waals surface area contributed by atoms with Crippen LogP contribution in [0, 0.1) is 0 Å². The summed E-state index contributed by atoms with van der Waals surface area (Å²) in [5.41, 5.74) is -1.83. The third-order valence-electron chi connectivity index (χ3n) is 6.85. The highest BCUT2D eigenvalue weighted by molar-refractivity contribution is 7.68. The Kier molecular flexibility index (Phi) is 7.87. The maximum Gasteiger partial charge on any atom is 0.367 e. The van der Waals surface area contributed by atoms with E-state index in [2.05, 4.69) is 13.1 Å². The molecule has 1 saturated heterocycles. The molecular formula is C17H32F8O2Si3. The van der Waals surface area contributed by atoms with Crippen LogP contribution in [0.25, 0.3) is 0 Å². The van der Waals surface area contributed by atoms with Gasteiger partial charge < -0.3 is 9.16 Å². The van der Waals surface area contributed by atoms with E-state index in [1.54, 1.807) is 6.55 Å². The van der Waals surface area contributed by atoms with Gasteiger partial charge in [-0.2, -0.15) is 17.6 Å². The number of ether oxygens (including phenoxy) is 1. The zero-order valence-electron chi connectivity index (χ0n) is 18.6. The molecule has 1 heterocycles. The summed E-state index contributed by atoms with van der Waals surface area (Å²) in [5, 5.41) is 0. The van der Waals surface area contributed by atoms with Crippen molar-refractivity contribution >= 4 is 22.5 Å². The van der Waals surface area contributed by atoms with Crippen LogP contribution >= 0.6 is 0 Å². The SMILES string of the molecule is CCC(OC(F)C(F)(F)C(F)(F)C(F)C(F)F)[Si]1(C)OC(C)(C)C[Si](C)(C)[Si]1(C)C. The lowest BCUT2D eigenvalue weighted by molar-refractivity contribution is -0.323. The van der Waals surface area contributed by atoms with Crippen LogP contribution < -0.4 is 0 Å². The van der Waals surface area contributed by atoms with Crippen LogP contribution in [-0.2, 0) is 9.16 Å². The van der Waals surface area contributed by atoms with Crippen molar-refractivity contribution in [3.05, 3.63) is 0 Å². The second-order valence-electron chi connectivity index (χ2n) is 9.99. The normalized spacial score (nSPS) is 29.5. The number of rotatable bonds is 8. The summed E-state index contributed by atoms with van der Waals surface area (Å²) in [5.74, 6) is -11.7. The molecule has 2 nitrogen and oxygen atoms in total. The monoisotopic (exact) mass is 504 g/mol. The van der Waals surface area contributed by atoms with Crippen LogP contribution in [0.3, 0.4) is 0 Å². The Balaban J connectivity index is 3.32. The van der Waals surface area contributed by atoms with E-state index in [1.165, 1.54) is 6.92 Å². The Bertz CT molecular complexity index is 618. The van der Waals surface area contributed by atoms with Crippen LogP contribution in [0.5, 0.6) is 0 Å². The molecule has 0 aliphatic carbocycles. The number of halogens is 8. The van der Waals surface area contributed by atoms with E-state index in [1.807, 2.05) is 26.9 Å². The molecule has 0 aromatic heterocycles. The van der Waals surface area contributed by atoms with Crippen LogP contribution in [0.1, 0.15) is 27.2 Å². The van der Waals surface area contributed by atoms with E-state index in [0.29, 0.717) is 0 Å². The summed E-state index contributed by atoms with van der Waals surface area (Å²) in [6.07, 6.45) is -12.9. The van der Waals surface area contributed by atoms with Gasteiger partial charge >= 0.3 is 11.8 Å². The average molecular weight is 505 g/mol. The molecule has 0 radical (unpaired) electrons. The lowest BCUT2D eigenvalue weighted by atomic mass is 10.1. The Morgan fingerprint density at radius 2 is 1.40 bits per heavy atom. The molecule has 1 aliphatic rings. The molecule has 0 aromatic carbocycles. The van der Waals surface area contributed by atoms with Gasteiger partial charge in [-0.3, -0.25) is 0 Å². The fourth-order valence-corrected chi connectivity index (χ4v) is 38.5. The summed E-state index contributed by atoms with van der Waals surface area (Å²) in [7, 11) is -7.37. The molecule has 0 N–H and O–H groups in total. The van der Waals surface area contributed by atoms with E-state index in [4.69, 9.17) is 9.16 Å². The van der Waals surface area contributed by atoms with Crippen molar-refractivity contribution in [2.24, 2.45) is 0 Å². The summed E-state index contributed by atoms with van der Waals surface area (Å²) in [6, 6.07) is 0.795. The van der Waals surface area contributed by atoms with Gasteiger partial charge in [-0.25, -0.2) is 17.6 Å². The highest BCUT2D eigenvalue weighted by Gasteiger charge is 2.71. The van der Waals surface area contributed by atoms with Gasteiger partial charge in [0.1, 0.15) is 0 Å². The summed E-state index contributed by atoms with van der Waals surface area (Å²) in [4.78, 5) is 0. The highest BCUT2D eigenvalue weighted by Crippen LogP contribution is 2.48. The highest BCUT2D eigenvalue weighted by atomic mass is 29.6. The predicted molar refractivity (Wildman–Crippen MR) is 107 cm³/mol. The zero-order chi connectivity index (χ0) is 24.1. The second-order valence-corrected chi connectivity index (χ2v) is 36.5. The fourth-order valence-electron chi connectivity index (χ4n) is 4.50. The zero-order valence-corrected chi connectivity index (χ0v) is 21.6. The average Bonchev–Trinajstić information content (AvgIpc) is 2.55. The Hall–Kier alpha value is 0.0106. The van der Waals surface area contributed by atoms with Crippen molar-refractivity contribution in [1.82, 2.24) is 0 Å². The van der Waals surface area contributed by atoms with Gasteiger partial charge in [0.25, 0.3) is 12.8 Å². The first-order chi connectivity index (χ1) is 13.1. The molecule has 0 aromatic rings. The molecule has 180 valence electrons. The first kappa shape index (κ1) is 28.0. The molecular weight excluding hydrogens is 472 g/mol. The predicted octanol–water partition coefficient (Wildman–Crippen LogP) is 6.45. The summed E-state index contributed by atoms with van der Waals surface area (Å²) >= 11 is 0. The van der Waals surface area contributed by atoms with Gasteiger partial charge in [-0.1, -0.05) is 33.1 Å². The molecule has 13 heteroatoms. The van der Waals surface area contributed by atoms with E-state index in [-0.39, 0.29) is 6.42 Å². The van der Waals surface area contributed by atoms with Crippen molar-refractivity contribution in [2.45, 2.75) is 108 Å². The van der Waals surface area contributed by atoms with Crippen molar-refractivity contribution in [1.29, 1.82) is 0 Å². The molecule has 0 amide bonds. The topological polar surface area (TPSA) is 18.5 Å². The molecule has 1 aliphatic heterocycles. The maximum absolute atomic E-state index is 14.4. The molecule has 30 heavy (non-hydrogen) atoms. The second kappa shape index (κ2) is 8.41. The van der Waals surface area contributed by atoms with Gasteiger partial charge in [-0.15, -0.1) is 0 Å². The van der Waals surface area contributed by atoms with Crippen LogP contribution in [-0.4, -0.2) is 64.7 Å². The number of hydrogen-bond acceptors (Lipinski definition) is 2. The molecule has 1 rings (SSSR count). The molecule has 4 unspecified atom stereocenters. The van der Waals surface area contributed by atoms with E-state index in [9.17, 15) is 35.1 Å². The van der Waals surface area contributed by atoms with Gasteiger partial charge in [-0.05, 0) is 32.9 Å². The number of alkyl halides is 8. The van der Waals surface area contributed by atoms with Gasteiger partial charge in [0.15, 0.2) is 0 Å². The summed E-state index contributed by atoms with van der Waals surface area (Å²) < 4.78 is 119. The molecule has 1 fully saturated rings. The maximum atomic E-state index is 14.4. The van der Waals surface area contributed by atoms with E-state index in [0.717, 1.165) is 6.04 Å². The minimum Gasteiger partial charge on any atom is -0.413 e. The minimum atomic E-state index is -5.94. The van der Waals surface area contributed by atoms with Crippen molar-refractivity contribution in [3.8, 4) is 0 Å². The van der Waals surface area contributed by atoms with E-state index < -0.39 is 64.7 Å². The third kappa shape index (κ3) is 4.55. The number of hydrogen-bond donors (Lipinski definition) is 0. The smallest absolute Gasteiger partial charge is 0.367 e. The summed E-state index contributed by atoms with van der Waals surface area (Å²) in [6.45, 7) is 15.3. The quantitative estimate of drug-likeness (QED) is 0.279. The van der Waals surface area contributed by atoms with Crippen LogP contribution in [0.2, 0.25) is 38.8 Å². The molecule has 0 spiro atoms. The fraction of sp³-hybridized carbons (Fsp3) is 1.00. The lowest BCUT2D eigenvalue weighted by Gasteiger charge is -2.60. The van der Waals surface area contributed by atoms with Gasteiger partial charge in [0.05, 0.1) is 12.8 Å². The lowest BCUT2D eigenvalue weighted by Crippen LogP contribution is -2.82. The van der Waals surface area contributed by atoms with Crippen molar-refractivity contribution < 1.29 is 44.3 Å². The minimum absolute atomic E-state index is 0.00961. The Morgan fingerprint density at radius 3 is 1.80 bits per heavy atom. The van der Waals surface area contributed by atoms with Gasteiger partial charge in [0.2, 0.25) is 14.0 Å². The van der Waals surface area contributed by atoms with E-state index >= 15 is 0 Å². The standard InChI is InChI=1S/C17H32F8O2Si3/c1-9-11(26-14(21)17(24,25)16(22,23)12(18)13(19)20)30(8)27-15(2,3)10-28(4,5)29(30,6)7/h11-14H,9-10H2,1-8H3. The molecule has 4 atom stereocenters. The largest absolute Gasteiger partial charge is 0.413 e. The first-order valence-electron chi connectivity index (χ1n) is 9.78. The third-order valence-corrected chi connectivity index (χ3v) is 47.2. The van der Waals surface area contributed by atoms with Crippen LogP contribution in [0.15, 0.2) is 0 Å². The van der Waals surface area contributed by atoms with Gasteiger partial charge in [0, 0.05) is 13.2 Å². The van der Waals surface area contributed by atoms with Crippen molar-refractivity contribution in [3.63, 3.8) is 0 Å². The Labute approximate surface area is 175 Å². The Morgan fingerprint density at radius 1 is 0.933 bits per heavy atom. The molecule has 0 bridgehead atoms. The first-order valence-corrected chi connectivity index (χ1v) is 20.5. The van der Waals surface area contributed by atoms with Crippen LogP contribution in [0.4, 0.5) is 35.1 Å². The molecule has 0 saturated carbocycles.